The van der Waals surface area contributed by atoms with Gasteiger partial charge in [-0.25, -0.2) is 9.97 Å². The standard InChI is InChI=1S/C18H23N7O2S/c19-10-14-2-1-7-24(11-14)28(26,27)25-9-8-23(12-18(25)4-5-18)17-15-3-6-20-16(15)21-13-22-17/h3,6,13-14H,1-2,4-5,7-9,11-12H2,(H,20,21,22). The monoisotopic (exact) mass is 401 g/mol. The molecule has 1 spiro atoms. The van der Waals surface area contributed by atoms with Crippen molar-refractivity contribution in [1.29, 1.82) is 5.26 Å². The van der Waals surface area contributed by atoms with Crippen LogP contribution in [0.4, 0.5) is 5.82 Å². The zero-order valence-electron chi connectivity index (χ0n) is 15.6. The Morgan fingerprint density at radius 2 is 2.11 bits per heavy atom. The lowest BCUT2D eigenvalue weighted by molar-refractivity contribution is 0.225. The van der Waals surface area contributed by atoms with Crippen molar-refractivity contribution in [2.45, 2.75) is 31.2 Å². The van der Waals surface area contributed by atoms with E-state index in [4.69, 9.17) is 0 Å². The molecule has 2 aliphatic heterocycles. The minimum atomic E-state index is -3.56. The molecular weight excluding hydrogens is 378 g/mol. The first kappa shape index (κ1) is 17.8. The first-order valence-electron chi connectivity index (χ1n) is 9.74. The molecule has 0 aromatic carbocycles. The second-order valence-corrected chi connectivity index (χ2v) is 9.84. The number of nitriles is 1. The lowest BCUT2D eigenvalue weighted by atomic mass is 10.0. The van der Waals surface area contributed by atoms with Crippen LogP contribution in [0.3, 0.4) is 0 Å². The number of aromatic amines is 1. The second-order valence-electron chi connectivity index (χ2n) is 7.99. The van der Waals surface area contributed by atoms with Gasteiger partial charge in [0.25, 0.3) is 10.2 Å². The number of aromatic nitrogens is 3. The van der Waals surface area contributed by atoms with Crippen LogP contribution in [-0.4, -0.2) is 70.2 Å². The highest BCUT2D eigenvalue weighted by molar-refractivity contribution is 7.86. The van der Waals surface area contributed by atoms with E-state index in [-0.39, 0.29) is 11.5 Å². The van der Waals surface area contributed by atoms with Gasteiger partial charge < -0.3 is 9.88 Å². The SMILES string of the molecule is N#CC1CCCN(S(=O)(=O)N2CCN(c3ncnc4[nH]ccc34)CC23CC3)C1. The Labute approximate surface area is 164 Å². The quantitative estimate of drug-likeness (QED) is 0.825. The highest BCUT2D eigenvalue weighted by Crippen LogP contribution is 2.47. The summed E-state index contributed by atoms with van der Waals surface area (Å²) < 4.78 is 30.0. The van der Waals surface area contributed by atoms with Crippen molar-refractivity contribution >= 4 is 27.1 Å². The Hall–Kier alpha value is -2.22. The van der Waals surface area contributed by atoms with Crippen LogP contribution in [-0.2, 0) is 10.2 Å². The van der Waals surface area contributed by atoms with Gasteiger partial charge in [-0.2, -0.15) is 22.3 Å². The number of nitrogens with zero attached hydrogens (tertiary/aromatic N) is 6. The first-order chi connectivity index (χ1) is 13.5. The van der Waals surface area contributed by atoms with Gasteiger partial charge in [0.05, 0.1) is 22.9 Å². The molecule has 148 valence electrons. The van der Waals surface area contributed by atoms with Crippen LogP contribution in [0.25, 0.3) is 11.0 Å². The van der Waals surface area contributed by atoms with Crippen LogP contribution in [0.1, 0.15) is 25.7 Å². The van der Waals surface area contributed by atoms with E-state index in [1.807, 2.05) is 12.3 Å². The second kappa shape index (κ2) is 6.40. The molecule has 1 N–H and O–H groups in total. The van der Waals surface area contributed by atoms with E-state index >= 15 is 0 Å². The average molecular weight is 401 g/mol. The summed E-state index contributed by atoms with van der Waals surface area (Å²) in [6, 6.07) is 4.20. The molecule has 3 aliphatic rings. The number of rotatable bonds is 3. The van der Waals surface area contributed by atoms with E-state index in [0.29, 0.717) is 32.7 Å². The summed E-state index contributed by atoms with van der Waals surface area (Å²) in [5.41, 5.74) is 0.435. The van der Waals surface area contributed by atoms with Gasteiger partial charge in [0.2, 0.25) is 0 Å². The highest BCUT2D eigenvalue weighted by Gasteiger charge is 2.57. The summed E-state index contributed by atoms with van der Waals surface area (Å²) in [6.07, 6.45) is 6.64. The minimum Gasteiger partial charge on any atom is -0.353 e. The molecule has 1 saturated carbocycles. The van der Waals surface area contributed by atoms with Crippen LogP contribution in [0, 0.1) is 17.2 Å². The van der Waals surface area contributed by atoms with Gasteiger partial charge in [-0.3, -0.25) is 0 Å². The number of anilines is 1. The molecule has 3 fully saturated rings. The summed E-state index contributed by atoms with van der Waals surface area (Å²) in [5, 5.41) is 10.2. The molecule has 0 bridgehead atoms. The summed E-state index contributed by atoms with van der Waals surface area (Å²) in [7, 11) is -3.56. The topological polar surface area (TPSA) is 109 Å². The van der Waals surface area contributed by atoms with E-state index in [9.17, 15) is 13.7 Å². The van der Waals surface area contributed by atoms with Gasteiger partial charge in [0, 0.05) is 38.9 Å². The van der Waals surface area contributed by atoms with Crippen molar-refractivity contribution in [1.82, 2.24) is 23.6 Å². The normalized spacial score (nSPS) is 25.8. The largest absolute Gasteiger partial charge is 0.353 e. The summed E-state index contributed by atoms with van der Waals surface area (Å²) in [4.78, 5) is 14.0. The van der Waals surface area contributed by atoms with Crippen LogP contribution in [0.15, 0.2) is 18.6 Å². The molecule has 4 heterocycles. The fourth-order valence-electron chi connectivity index (χ4n) is 4.56. The average Bonchev–Trinajstić information content (AvgIpc) is 3.28. The molecule has 1 unspecified atom stereocenters. The zero-order chi connectivity index (χ0) is 19.4. The molecule has 2 aromatic rings. The molecule has 2 aromatic heterocycles. The van der Waals surface area contributed by atoms with Gasteiger partial charge in [0.15, 0.2) is 0 Å². The van der Waals surface area contributed by atoms with Crippen molar-refractivity contribution in [2.24, 2.45) is 5.92 Å². The Morgan fingerprint density at radius 1 is 1.25 bits per heavy atom. The van der Waals surface area contributed by atoms with Crippen molar-refractivity contribution in [3.05, 3.63) is 18.6 Å². The summed E-state index contributed by atoms with van der Waals surface area (Å²) in [5.74, 6) is 0.653. The molecule has 9 nitrogen and oxygen atoms in total. The van der Waals surface area contributed by atoms with Crippen LogP contribution in [0.2, 0.25) is 0 Å². The van der Waals surface area contributed by atoms with Gasteiger partial charge in [0.1, 0.15) is 17.8 Å². The lowest BCUT2D eigenvalue weighted by Gasteiger charge is -2.44. The van der Waals surface area contributed by atoms with Gasteiger partial charge in [-0.1, -0.05) is 0 Å². The number of fused-ring (bicyclic) bond motifs is 1. The molecule has 1 atom stereocenters. The number of nitrogens with one attached hydrogen (secondary N) is 1. The highest BCUT2D eigenvalue weighted by atomic mass is 32.2. The minimum absolute atomic E-state index is 0.206. The number of hydrogen-bond donors (Lipinski definition) is 1. The van der Waals surface area contributed by atoms with Crippen molar-refractivity contribution in [2.75, 3.05) is 37.6 Å². The van der Waals surface area contributed by atoms with E-state index in [0.717, 1.165) is 42.5 Å². The van der Waals surface area contributed by atoms with Crippen LogP contribution >= 0.6 is 0 Å². The van der Waals surface area contributed by atoms with E-state index in [1.54, 1.807) is 10.6 Å². The van der Waals surface area contributed by atoms with Gasteiger partial charge in [-0.05, 0) is 31.7 Å². The smallest absolute Gasteiger partial charge is 0.282 e. The molecule has 0 radical (unpaired) electrons. The van der Waals surface area contributed by atoms with Crippen molar-refractivity contribution in [3.63, 3.8) is 0 Å². The summed E-state index contributed by atoms with van der Waals surface area (Å²) in [6.45, 7) is 2.48. The van der Waals surface area contributed by atoms with Crippen molar-refractivity contribution in [3.8, 4) is 6.07 Å². The van der Waals surface area contributed by atoms with Crippen LogP contribution in [0.5, 0.6) is 0 Å². The zero-order valence-corrected chi connectivity index (χ0v) is 16.4. The Morgan fingerprint density at radius 3 is 2.89 bits per heavy atom. The molecule has 0 amide bonds. The third-order valence-electron chi connectivity index (χ3n) is 6.22. The molecule has 1 aliphatic carbocycles. The maximum Gasteiger partial charge on any atom is 0.282 e. The first-order valence-corrected chi connectivity index (χ1v) is 11.1. The predicted octanol–water partition coefficient (Wildman–Crippen LogP) is 1.09. The molecule has 10 heteroatoms. The Balaban J connectivity index is 1.40. The molecule has 2 saturated heterocycles. The fourth-order valence-corrected chi connectivity index (χ4v) is 6.61. The maximum absolute atomic E-state index is 13.4. The van der Waals surface area contributed by atoms with Gasteiger partial charge in [-0.15, -0.1) is 0 Å². The number of piperidine rings is 1. The van der Waals surface area contributed by atoms with E-state index < -0.39 is 10.2 Å². The number of H-pyrrole nitrogens is 1. The number of hydrogen-bond acceptors (Lipinski definition) is 6. The van der Waals surface area contributed by atoms with Gasteiger partial charge >= 0.3 is 0 Å². The Kier molecular flexibility index (Phi) is 4.08. The van der Waals surface area contributed by atoms with Crippen LogP contribution < -0.4 is 4.90 Å². The van der Waals surface area contributed by atoms with E-state index in [1.165, 1.54) is 4.31 Å². The lowest BCUT2D eigenvalue weighted by Crippen LogP contribution is -2.61. The fraction of sp³-hybridized carbons (Fsp3) is 0.611. The van der Waals surface area contributed by atoms with Crippen molar-refractivity contribution < 1.29 is 8.42 Å². The summed E-state index contributed by atoms with van der Waals surface area (Å²) >= 11 is 0. The molecule has 5 rings (SSSR count). The maximum atomic E-state index is 13.4. The third kappa shape index (κ3) is 2.77. The Bertz CT molecular complexity index is 1040. The predicted molar refractivity (Wildman–Crippen MR) is 104 cm³/mol. The third-order valence-corrected chi connectivity index (χ3v) is 8.33. The molecule has 28 heavy (non-hydrogen) atoms. The molecular formula is C18H23N7O2S. The van der Waals surface area contributed by atoms with E-state index in [2.05, 4.69) is 25.9 Å². The number of piperazine rings is 1.